The minimum absolute atomic E-state index is 0.330. The Balaban J connectivity index is 2.07. The number of rotatable bonds is 4. The zero-order valence-corrected chi connectivity index (χ0v) is 11.6. The van der Waals surface area contributed by atoms with Crippen LogP contribution in [0.2, 0.25) is 0 Å². The van der Waals surface area contributed by atoms with E-state index in [1.165, 1.54) is 12.1 Å². The first kappa shape index (κ1) is 13.5. The van der Waals surface area contributed by atoms with Crippen LogP contribution >= 0.6 is 0 Å². The van der Waals surface area contributed by atoms with Crippen molar-refractivity contribution in [2.45, 2.75) is 6.54 Å². The van der Waals surface area contributed by atoms with Crippen LogP contribution < -0.4 is 10.1 Å². The van der Waals surface area contributed by atoms with E-state index in [1.807, 2.05) is 37.4 Å². The lowest BCUT2D eigenvalue weighted by Gasteiger charge is -2.10. The van der Waals surface area contributed by atoms with E-state index in [0.717, 1.165) is 16.5 Å². The normalized spacial score (nSPS) is 10.8. The number of fused-ring (bicyclic) bond motifs is 1. The SMILES string of the molecule is CNCc1cc2ccccc2c(Oc2cccc(F)c2)n1. The van der Waals surface area contributed by atoms with E-state index in [4.69, 9.17) is 4.74 Å². The molecule has 0 atom stereocenters. The molecule has 4 heteroatoms. The molecule has 106 valence electrons. The molecule has 0 radical (unpaired) electrons. The summed E-state index contributed by atoms with van der Waals surface area (Å²) in [7, 11) is 1.87. The van der Waals surface area contributed by atoms with Gasteiger partial charge in [0, 0.05) is 18.0 Å². The third-order valence-electron chi connectivity index (χ3n) is 3.13. The standard InChI is InChI=1S/C17H15FN2O/c1-19-11-14-9-12-5-2-3-8-16(12)17(20-14)21-15-7-4-6-13(18)10-15/h2-10,19H,11H2,1H3. The second-order valence-corrected chi connectivity index (χ2v) is 4.73. The number of hydrogen-bond donors (Lipinski definition) is 1. The monoisotopic (exact) mass is 282 g/mol. The Morgan fingerprint density at radius 1 is 1.10 bits per heavy atom. The summed E-state index contributed by atoms with van der Waals surface area (Å²) in [6.07, 6.45) is 0. The number of benzene rings is 2. The molecule has 0 fully saturated rings. The van der Waals surface area contributed by atoms with Gasteiger partial charge in [-0.15, -0.1) is 0 Å². The fourth-order valence-electron chi connectivity index (χ4n) is 2.21. The van der Waals surface area contributed by atoms with Gasteiger partial charge in [0.25, 0.3) is 0 Å². The third kappa shape index (κ3) is 3.01. The first-order valence-corrected chi connectivity index (χ1v) is 6.73. The Bertz CT molecular complexity index is 774. The smallest absolute Gasteiger partial charge is 0.227 e. The quantitative estimate of drug-likeness (QED) is 0.788. The molecular weight excluding hydrogens is 267 g/mol. The van der Waals surface area contributed by atoms with Crippen LogP contribution in [0.1, 0.15) is 5.69 Å². The fraction of sp³-hybridized carbons (Fsp3) is 0.118. The average molecular weight is 282 g/mol. The minimum Gasteiger partial charge on any atom is -0.438 e. The highest BCUT2D eigenvalue weighted by Crippen LogP contribution is 2.29. The van der Waals surface area contributed by atoms with Gasteiger partial charge in [0.05, 0.1) is 5.69 Å². The summed E-state index contributed by atoms with van der Waals surface area (Å²) in [5.41, 5.74) is 0.877. The maximum Gasteiger partial charge on any atom is 0.227 e. The summed E-state index contributed by atoms with van der Waals surface area (Å²) in [6, 6.07) is 15.9. The van der Waals surface area contributed by atoms with Gasteiger partial charge in [0.2, 0.25) is 5.88 Å². The fourth-order valence-corrected chi connectivity index (χ4v) is 2.21. The Morgan fingerprint density at radius 2 is 1.95 bits per heavy atom. The van der Waals surface area contributed by atoms with Crippen LogP contribution in [0, 0.1) is 5.82 Å². The zero-order chi connectivity index (χ0) is 14.7. The van der Waals surface area contributed by atoms with Crippen LogP contribution in [0.3, 0.4) is 0 Å². The summed E-state index contributed by atoms with van der Waals surface area (Å²) >= 11 is 0. The molecule has 0 saturated carbocycles. The van der Waals surface area contributed by atoms with Crippen LogP contribution in [-0.4, -0.2) is 12.0 Å². The number of aromatic nitrogens is 1. The van der Waals surface area contributed by atoms with Gasteiger partial charge in [-0.05, 0) is 36.7 Å². The number of halogens is 1. The highest BCUT2D eigenvalue weighted by atomic mass is 19.1. The molecule has 0 unspecified atom stereocenters. The first-order chi connectivity index (χ1) is 10.3. The Hall–Kier alpha value is -2.46. The minimum atomic E-state index is -0.330. The maximum absolute atomic E-state index is 13.3. The summed E-state index contributed by atoms with van der Waals surface area (Å²) in [6.45, 7) is 0.643. The molecule has 0 saturated heterocycles. The van der Waals surface area contributed by atoms with Gasteiger partial charge in [0.15, 0.2) is 0 Å². The van der Waals surface area contributed by atoms with E-state index in [-0.39, 0.29) is 5.82 Å². The van der Waals surface area contributed by atoms with E-state index < -0.39 is 0 Å². The van der Waals surface area contributed by atoms with Crippen LogP contribution in [0.15, 0.2) is 54.6 Å². The van der Waals surface area contributed by atoms with Gasteiger partial charge in [-0.2, -0.15) is 0 Å². The molecule has 3 rings (SSSR count). The summed E-state index contributed by atoms with van der Waals surface area (Å²) in [5, 5.41) is 5.02. The molecule has 0 bridgehead atoms. The molecule has 0 aliphatic rings. The number of ether oxygens (including phenoxy) is 1. The van der Waals surface area contributed by atoms with Crippen molar-refractivity contribution in [2.24, 2.45) is 0 Å². The molecular formula is C17H15FN2O. The average Bonchev–Trinajstić information content (AvgIpc) is 2.48. The number of hydrogen-bond acceptors (Lipinski definition) is 3. The van der Waals surface area contributed by atoms with Gasteiger partial charge in [-0.3, -0.25) is 0 Å². The zero-order valence-electron chi connectivity index (χ0n) is 11.6. The van der Waals surface area contributed by atoms with Crippen molar-refractivity contribution in [3.05, 3.63) is 66.1 Å². The lowest BCUT2D eigenvalue weighted by Crippen LogP contribution is -2.07. The second-order valence-electron chi connectivity index (χ2n) is 4.73. The van der Waals surface area contributed by atoms with Gasteiger partial charge in [0.1, 0.15) is 11.6 Å². The van der Waals surface area contributed by atoms with Crippen LogP contribution in [-0.2, 0) is 6.54 Å². The highest BCUT2D eigenvalue weighted by molar-refractivity contribution is 5.87. The van der Waals surface area contributed by atoms with E-state index in [9.17, 15) is 4.39 Å². The number of nitrogens with one attached hydrogen (secondary N) is 1. The summed E-state index contributed by atoms with van der Waals surface area (Å²) < 4.78 is 19.1. The topological polar surface area (TPSA) is 34.1 Å². The second kappa shape index (κ2) is 5.89. The third-order valence-corrected chi connectivity index (χ3v) is 3.13. The van der Waals surface area contributed by atoms with E-state index >= 15 is 0 Å². The predicted molar refractivity (Wildman–Crippen MR) is 81.0 cm³/mol. The van der Waals surface area contributed by atoms with Crippen molar-refractivity contribution >= 4 is 10.8 Å². The predicted octanol–water partition coefficient (Wildman–Crippen LogP) is 3.89. The molecule has 0 spiro atoms. The number of nitrogens with zero attached hydrogens (tertiary/aromatic N) is 1. The van der Waals surface area contributed by atoms with E-state index in [0.29, 0.717) is 18.2 Å². The van der Waals surface area contributed by atoms with Crippen molar-refractivity contribution in [3.8, 4) is 11.6 Å². The molecule has 0 aliphatic heterocycles. The van der Waals surface area contributed by atoms with Crippen molar-refractivity contribution in [3.63, 3.8) is 0 Å². The van der Waals surface area contributed by atoms with E-state index in [2.05, 4.69) is 10.3 Å². The van der Waals surface area contributed by atoms with Gasteiger partial charge in [-0.25, -0.2) is 9.37 Å². The van der Waals surface area contributed by atoms with Gasteiger partial charge in [-0.1, -0.05) is 24.3 Å². The molecule has 3 nitrogen and oxygen atoms in total. The van der Waals surface area contributed by atoms with Crippen LogP contribution in [0.4, 0.5) is 4.39 Å². The van der Waals surface area contributed by atoms with Crippen LogP contribution in [0.25, 0.3) is 10.8 Å². The van der Waals surface area contributed by atoms with Crippen LogP contribution in [0.5, 0.6) is 11.6 Å². The summed E-state index contributed by atoms with van der Waals surface area (Å²) in [5.74, 6) is 0.599. The summed E-state index contributed by atoms with van der Waals surface area (Å²) in [4.78, 5) is 4.51. The van der Waals surface area contributed by atoms with Crippen molar-refractivity contribution in [1.29, 1.82) is 0 Å². The highest BCUT2D eigenvalue weighted by Gasteiger charge is 2.08. The van der Waals surface area contributed by atoms with E-state index in [1.54, 1.807) is 12.1 Å². The molecule has 0 amide bonds. The molecule has 1 heterocycles. The Labute approximate surface area is 122 Å². The first-order valence-electron chi connectivity index (χ1n) is 6.73. The molecule has 21 heavy (non-hydrogen) atoms. The maximum atomic E-state index is 13.3. The van der Waals surface area contributed by atoms with Crippen molar-refractivity contribution < 1.29 is 9.13 Å². The molecule has 3 aromatic rings. The lowest BCUT2D eigenvalue weighted by molar-refractivity contribution is 0.461. The van der Waals surface area contributed by atoms with Crippen molar-refractivity contribution in [2.75, 3.05) is 7.05 Å². The number of pyridine rings is 1. The van der Waals surface area contributed by atoms with Crippen molar-refractivity contribution in [1.82, 2.24) is 10.3 Å². The van der Waals surface area contributed by atoms with Gasteiger partial charge >= 0.3 is 0 Å². The van der Waals surface area contributed by atoms with Gasteiger partial charge < -0.3 is 10.1 Å². The Morgan fingerprint density at radius 3 is 2.76 bits per heavy atom. The lowest BCUT2D eigenvalue weighted by atomic mass is 10.1. The Kier molecular flexibility index (Phi) is 3.79. The molecule has 1 N–H and O–H groups in total. The molecule has 1 aromatic heterocycles. The molecule has 0 aliphatic carbocycles. The molecule has 2 aromatic carbocycles. The largest absolute Gasteiger partial charge is 0.438 e.